The summed E-state index contributed by atoms with van der Waals surface area (Å²) in [4.78, 5) is 12.5. The van der Waals surface area contributed by atoms with Crippen molar-refractivity contribution in [3.8, 4) is 0 Å². The van der Waals surface area contributed by atoms with Gasteiger partial charge in [0.15, 0.2) is 0 Å². The van der Waals surface area contributed by atoms with E-state index in [2.05, 4.69) is 10.9 Å². The van der Waals surface area contributed by atoms with E-state index in [1.54, 1.807) is 24.3 Å². The van der Waals surface area contributed by atoms with Crippen LogP contribution in [0.2, 0.25) is 5.02 Å². The Morgan fingerprint density at radius 2 is 1.67 bits per heavy atom. The van der Waals surface area contributed by atoms with E-state index < -0.39 is 17.2 Å². The van der Waals surface area contributed by atoms with Crippen molar-refractivity contribution in [3.63, 3.8) is 0 Å². The van der Waals surface area contributed by atoms with Gasteiger partial charge in [0.2, 0.25) is 5.91 Å². The Morgan fingerprint density at radius 3 is 2.25 bits per heavy atom. The van der Waals surface area contributed by atoms with Crippen molar-refractivity contribution in [2.45, 2.75) is 24.4 Å². The van der Waals surface area contributed by atoms with E-state index in [0.29, 0.717) is 17.9 Å². The van der Waals surface area contributed by atoms with E-state index in [1.807, 2.05) is 0 Å². The van der Waals surface area contributed by atoms with Crippen molar-refractivity contribution in [3.05, 3.63) is 64.7 Å². The summed E-state index contributed by atoms with van der Waals surface area (Å²) in [6.45, 7) is 0. The fourth-order valence-corrected chi connectivity index (χ4v) is 2.75. The highest BCUT2D eigenvalue weighted by molar-refractivity contribution is 6.30. The van der Waals surface area contributed by atoms with Crippen LogP contribution in [0.4, 0.5) is 18.9 Å². The Kier molecular flexibility index (Phi) is 4.17. The van der Waals surface area contributed by atoms with Crippen LogP contribution in [0.25, 0.3) is 0 Å². The molecule has 1 fully saturated rings. The normalized spacial score (nSPS) is 15.7. The minimum Gasteiger partial charge on any atom is -0.298 e. The molecule has 0 aromatic heterocycles. The molecule has 1 aliphatic rings. The molecule has 3 rings (SSSR count). The third-order valence-electron chi connectivity index (χ3n) is 4.12. The van der Waals surface area contributed by atoms with Crippen LogP contribution in [-0.4, -0.2) is 5.91 Å². The largest absolute Gasteiger partial charge is 0.418 e. The molecular formula is C17H14ClF3N2O. The van der Waals surface area contributed by atoms with Gasteiger partial charge in [0.1, 0.15) is 0 Å². The van der Waals surface area contributed by atoms with Gasteiger partial charge in [-0.05, 0) is 42.7 Å². The summed E-state index contributed by atoms with van der Waals surface area (Å²) in [6, 6.07) is 11.9. The Hall–Kier alpha value is -2.21. The first kappa shape index (κ1) is 16.6. The van der Waals surface area contributed by atoms with Gasteiger partial charge >= 0.3 is 6.18 Å². The van der Waals surface area contributed by atoms with Gasteiger partial charge in [-0.3, -0.25) is 15.6 Å². The second-order valence-electron chi connectivity index (χ2n) is 5.71. The summed E-state index contributed by atoms with van der Waals surface area (Å²) < 4.78 is 38.9. The topological polar surface area (TPSA) is 41.1 Å². The molecule has 2 N–H and O–H groups in total. The summed E-state index contributed by atoms with van der Waals surface area (Å²) in [5.74, 6) is -0.359. The number of halogens is 4. The van der Waals surface area contributed by atoms with Crippen LogP contribution in [0.3, 0.4) is 0 Å². The molecule has 0 unspecified atom stereocenters. The number of hydrogen-bond donors (Lipinski definition) is 2. The van der Waals surface area contributed by atoms with Crippen LogP contribution in [0, 0.1) is 0 Å². The summed E-state index contributed by atoms with van der Waals surface area (Å²) in [6.07, 6.45) is -3.21. The third-order valence-corrected chi connectivity index (χ3v) is 4.38. The molecular weight excluding hydrogens is 341 g/mol. The lowest BCUT2D eigenvalue weighted by Gasteiger charge is -2.19. The van der Waals surface area contributed by atoms with Gasteiger partial charge in [0, 0.05) is 5.02 Å². The first-order valence-corrected chi connectivity index (χ1v) is 7.69. The molecule has 1 saturated carbocycles. The predicted molar refractivity (Wildman–Crippen MR) is 85.6 cm³/mol. The van der Waals surface area contributed by atoms with Crippen LogP contribution < -0.4 is 10.9 Å². The molecule has 0 spiro atoms. The highest BCUT2D eigenvalue weighted by atomic mass is 35.5. The minimum atomic E-state index is -4.50. The van der Waals surface area contributed by atoms with Crippen LogP contribution >= 0.6 is 11.6 Å². The predicted octanol–water partition coefficient (Wildman–Crippen LogP) is 4.53. The van der Waals surface area contributed by atoms with Crippen molar-refractivity contribution in [1.82, 2.24) is 5.43 Å². The van der Waals surface area contributed by atoms with Gasteiger partial charge in [0.05, 0.1) is 16.7 Å². The number of alkyl halides is 3. The summed E-state index contributed by atoms with van der Waals surface area (Å²) in [7, 11) is 0. The van der Waals surface area contributed by atoms with Gasteiger partial charge in [-0.25, -0.2) is 0 Å². The maximum atomic E-state index is 13.0. The monoisotopic (exact) mass is 354 g/mol. The molecule has 0 saturated heterocycles. The lowest BCUT2D eigenvalue weighted by molar-refractivity contribution is -0.137. The zero-order chi connectivity index (χ0) is 17.4. The maximum Gasteiger partial charge on any atom is 0.418 e. The van der Waals surface area contributed by atoms with Gasteiger partial charge in [-0.1, -0.05) is 35.9 Å². The second kappa shape index (κ2) is 6.02. The number of carbonyl (C=O) groups is 1. The van der Waals surface area contributed by atoms with Gasteiger partial charge in [-0.2, -0.15) is 13.2 Å². The van der Waals surface area contributed by atoms with E-state index in [4.69, 9.17) is 11.6 Å². The Balaban J connectivity index is 1.74. The quantitative estimate of drug-likeness (QED) is 0.792. The van der Waals surface area contributed by atoms with Crippen LogP contribution in [0.5, 0.6) is 0 Å². The zero-order valence-electron chi connectivity index (χ0n) is 12.5. The lowest BCUT2D eigenvalue weighted by atomic mass is 9.95. The number of carbonyl (C=O) groups excluding carboxylic acids is 1. The Labute approximate surface area is 141 Å². The van der Waals surface area contributed by atoms with E-state index in [1.165, 1.54) is 18.2 Å². The highest BCUT2D eigenvalue weighted by Crippen LogP contribution is 2.48. The van der Waals surface area contributed by atoms with Crippen molar-refractivity contribution >= 4 is 23.2 Å². The summed E-state index contributed by atoms with van der Waals surface area (Å²) in [5, 5.41) is 0.562. The first-order chi connectivity index (χ1) is 11.3. The number of benzene rings is 2. The molecule has 2 aromatic carbocycles. The van der Waals surface area contributed by atoms with E-state index in [-0.39, 0.29) is 11.6 Å². The average Bonchev–Trinajstić information content (AvgIpc) is 3.34. The summed E-state index contributed by atoms with van der Waals surface area (Å²) in [5.41, 5.74) is 3.88. The number of hydrazine groups is 1. The van der Waals surface area contributed by atoms with E-state index in [0.717, 1.165) is 11.6 Å². The molecule has 2 aromatic rings. The smallest absolute Gasteiger partial charge is 0.298 e. The van der Waals surface area contributed by atoms with Crippen LogP contribution in [0.15, 0.2) is 48.5 Å². The minimum absolute atomic E-state index is 0.190. The molecule has 126 valence electrons. The zero-order valence-corrected chi connectivity index (χ0v) is 13.2. The number of para-hydroxylation sites is 1. The van der Waals surface area contributed by atoms with Crippen LogP contribution in [-0.2, 0) is 16.4 Å². The second-order valence-corrected chi connectivity index (χ2v) is 6.15. The van der Waals surface area contributed by atoms with Crippen molar-refractivity contribution < 1.29 is 18.0 Å². The molecule has 0 atom stereocenters. The van der Waals surface area contributed by atoms with Crippen molar-refractivity contribution in [2.24, 2.45) is 0 Å². The fourth-order valence-electron chi connectivity index (χ4n) is 2.62. The molecule has 0 heterocycles. The highest BCUT2D eigenvalue weighted by Gasteiger charge is 2.51. The molecule has 0 bridgehead atoms. The summed E-state index contributed by atoms with van der Waals surface area (Å²) >= 11 is 5.84. The molecule has 0 aliphatic heterocycles. The average molecular weight is 355 g/mol. The molecule has 1 amide bonds. The lowest BCUT2D eigenvalue weighted by Crippen LogP contribution is -2.38. The Morgan fingerprint density at radius 1 is 1.04 bits per heavy atom. The third kappa shape index (κ3) is 3.19. The number of rotatable bonds is 4. The fraction of sp³-hybridized carbons (Fsp3) is 0.235. The number of hydrogen-bond acceptors (Lipinski definition) is 2. The number of anilines is 1. The number of nitrogens with one attached hydrogen (secondary N) is 2. The van der Waals surface area contributed by atoms with Gasteiger partial charge < -0.3 is 0 Å². The Bertz CT molecular complexity index is 755. The number of amides is 1. The van der Waals surface area contributed by atoms with Crippen molar-refractivity contribution in [1.29, 1.82) is 0 Å². The molecule has 3 nitrogen and oxygen atoms in total. The standard InChI is InChI=1S/C17H14ClF3N2O/c18-12-7-5-11(6-8-12)16(9-10-16)15(24)23-22-14-4-2-1-3-13(14)17(19,20)21/h1-8,22H,9-10H2,(H,23,24). The molecule has 1 aliphatic carbocycles. The SMILES string of the molecule is O=C(NNc1ccccc1C(F)(F)F)C1(c2ccc(Cl)cc2)CC1. The molecule has 24 heavy (non-hydrogen) atoms. The van der Waals surface area contributed by atoms with Crippen molar-refractivity contribution in [2.75, 3.05) is 5.43 Å². The van der Waals surface area contributed by atoms with Gasteiger partial charge in [-0.15, -0.1) is 0 Å². The van der Waals surface area contributed by atoms with Crippen LogP contribution in [0.1, 0.15) is 24.0 Å². The molecule has 7 heteroatoms. The first-order valence-electron chi connectivity index (χ1n) is 7.32. The molecule has 0 radical (unpaired) electrons. The van der Waals surface area contributed by atoms with E-state index >= 15 is 0 Å². The maximum absolute atomic E-state index is 13.0. The van der Waals surface area contributed by atoms with Gasteiger partial charge in [0.25, 0.3) is 0 Å². The van der Waals surface area contributed by atoms with E-state index in [9.17, 15) is 18.0 Å².